The first kappa shape index (κ1) is 15.9. The van der Waals surface area contributed by atoms with Crippen LogP contribution in [0, 0.1) is 5.92 Å². The lowest BCUT2D eigenvalue weighted by atomic mass is 9.77. The second-order valence-electron chi connectivity index (χ2n) is 5.97. The largest absolute Gasteiger partial charge is 0.324 e. The Hall–Kier alpha value is -0.180. The van der Waals surface area contributed by atoms with Crippen LogP contribution in [0.3, 0.4) is 0 Å². The fraction of sp³-hybridized carbons (Fsp3) is 0.600. The minimum absolute atomic E-state index is 0. The molecule has 1 aliphatic carbocycles. The van der Waals surface area contributed by atoms with E-state index in [9.17, 15) is 0 Å². The summed E-state index contributed by atoms with van der Waals surface area (Å²) in [6, 6.07) is 8.88. The van der Waals surface area contributed by atoms with E-state index in [1.54, 1.807) is 0 Å². The molecule has 1 atom stereocenters. The second kappa shape index (κ2) is 6.31. The highest BCUT2D eigenvalue weighted by Crippen LogP contribution is 2.41. The van der Waals surface area contributed by atoms with Crippen molar-refractivity contribution in [3.05, 3.63) is 29.8 Å². The third-order valence-corrected chi connectivity index (χ3v) is 4.56. The zero-order valence-corrected chi connectivity index (χ0v) is 13.1. The smallest absolute Gasteiger partial charge is 0.0334 e. The van der Waals surface area contributed by atoms with Gasteiger partial charge in [-0.3, -0.25) is 0 Å². The van der Waals surface area contributed by atoms with Gasteiger partial charge < -0.3 is 5.73 Å². The fourth-order valence-electron chi connectivity index (χ4n) is 2.23. The summed E-state index contributed by atoms with van der Waals surface area (Å²) in [6.07, 6.45) is 3.96. The van der Waals surface area contributed by atoms with E-state index in [1.807, 2.05) is 11.8 Å². The predicted octanol–water partition coefficient (Wildman–Crippen LogP) is 4.80. The summed E-state index contributed by atoms with van der Waals surface area (Å²) >= 11 is 1.93. The lowest BCUT2D eigenvalue weighted by Gasteiger charge is -2.33. The number of halogens is 1. The Morgan fingerprint density at radius 2 is 1.83 bits per heavy atom. The summed E-state index contributed by atoms with van der Waals surface area (Å²) < 4.78 is 0.245. The van der Waals surface area contributed by atoms with Gasteiger partial charge in [-0.1, -0.05) is 45.4 Å². The predicted molar refractivity (Wildman–Crippen MR) is 83.6 cm³/mol. The van der Waals surface area contributed by atoms with E-state index in [1.165, 1.54) is 29.7 Å². The van der Waals surface area contributed by atoms with E-state index >= 15 is 0 Å². The maximum atomic E-state index is 6.41. The van der Waals surface area contributed by atoms with E-state index in [0.717, 1.165) is 0 Å². The summed E-state index contributed by atoms with van der Waals surface area (Å²) in [5, 5.41) is 0. The molecule has 1 aliphatic rings. The molecule has 0 amide bonds. The number of hydrogen-bond donors (Lipinski definition) is 1. The summed E-state index contributed by atoms with van der Waals surface area (Å²) in [5.74, 6) is 0.705. The van der Waals surface area contributed by atoms with Crippen molar-refractivity contribution < 1.29 is 0 Å². The highest BCUT2D eigenvalue weighted by molar-refractivity contribution is 8.00. The Balaban J connectivity index is 0.00000162. The Labute approximate surface area is 121 Å². The first-order valence-corrected chi connectivity index (χ1v) is 7.32. The number of rotatable bonds is 3. The lowest BCUT2D eigenvalue weighted by molar-refractivity contribution is 0.262. The van der Waals surface area contributed by atoms with Crippen molar-refractivity contribution >= 4 is 24.2 Å². The van der Waals surface area contributed by atoms with Crippen LogP contribution in [0.5, 0.6) is 0 Å². The molecule has 0 heterocycles. The molecular weight excluding hydrogens is 262 g/mol. The van der Waals surface area contributed by atoms with Gasteiger partial charge in [0.2, 0.25) is 0 Å². The third-order valence-electron chi connectivity index (χ3n) is 3.35. The van der Waals surface area contributed by atoms with E-state index in [0.29, 0.717) is 5.92 Å². The molecule has 0 saturated heterocycles. The maximum Gasteiger partial charge on any atom is 0.0334 e. The van der Waals surface area contributed by atoms with Crippen LogP contribution in [-0.4, -0.2) is 4.75 Å². The average molecular weight is 286 g/mol. The van der Waals surface area contributed by atoms with Crippen LogP contribution in [0.15, 0.2) is 29.2 Å². The monoisotopic (exact) mass is 285 g/mol. The average Bonchev–Trinajstić information content (AvgIpc) is 2.13. The normalized spacial score (nSPS) is 17.8. The molecule has 1 saturated carbocycles. The molecule has 18 heavy (non-hydrogen) atoms. The molecule has 102 valence electrons. The zero-order valence-electron chi connectivity index (χ0n) is 11.5. The van der Waals surface area contributed by atoms with Crippen LogP contribution in [0.2, 0.25) is 0 Å². The van der Waals surface area contributed by atoms with Crippen LogP contribution in [-0.2, 0) is 0 Å². The van der Waals surface area contributed by atoms with Crippen molar-refractivity contribution in [2.24, 2.45) is 11.7 Å². The standard InChI is InChI=1S/C15H23NS.ClH/c1-15(2,3)17-13-10-5-4-9-12(13)14(16)11-7-6-8-11;/h4-5,9-11,14H,6-8,16H2,1-3H3;1H/t14-;/m0./s1. The molecule has 2 rings (SSSR count). The van der Waals surface area contributed by atoms with E-state index in [2.05, 4.69) is 45.0 Å². The molecule has 1 nitrogen and oxygen atoms in total. The van der Waals surface area contributed by atoms with Gasteiger partial charge in [0.1, 0.15) is 0 Å². The number of nitrogens with two attached hydrogens (primary N) is 1. The topological polar surface area (TPSA) is 26.0 Å². The molecular formula is C15H24ClNS. The second-order valence-corrected chi connectivity index (χ2v) is 7.84. The van der Waals surface area contributed by atoms with Crippen LogP contribution in [0.25, 0.3) is 0 Å². The molecule has 0 aliphatic heterocycles. The first-order chi connectivity index (χ1) is 7.97. The van der Waals surface area contributed by atoms with Crippen molar-refractivity contribution in [3.63, 3.8) is 0 Å². The van der Waals surface area contributed by atoms with Crippen molar-refractivity contribution in [3.8, 4) is 0 Å². The van der Waals surface area contributed by atoms with Crippen molar-refractivity contribution in [2.75, 3.05) is 0 Å². The minimum Gasteiger partial charge on any atom is -0.324 e. The number of hydrogen-bond acceptors (Lipinski definition) is 2. The van der Waals surface area contributed by atoms with E-state index in [4.69, 9.17) is 5.73 Å². The van der Waals surface area contributed by atoms with Crippen LogP contribution >= 0.6 is 24.2 Å². The summed E-state index contributed by atoms with van der Waals surface area (Å²) in [7, 11) is 0. The minimum atomic E-state index is 0. The molecule has 0 bridgehead atoms. The zero-order chi connectivity index (χ0) is 12.5. The van der Waals surface area contributed by atoms with Gasteiger partial charge >= 0.3 is 0 Å². The van der Waals surface area contributed by atoms with E-state index in [-0.39, 0.29) is 23.2 Å². The van der Waals surface area contributed by atoms with Crippen molar-refractivity contribution in [2.45, 2.75) is 55.7 Å². The molecule has 0 aromatic heterocycles. The first-order valence-electron chi connectivity index (χ1n) is 6.51. The lowest BCUT2D eigenvalue weighted by Crippen LogP contribution is -2.27. The van der Waals surface area contributed by atoms with Gasteiger partial charge in [-0.05, 0) is 30.4 Å². The summed E-state index contributed by atoms with van der Waals surface area (Å²) in [5.41, 5.74) is 7.75. The molecule has 0 unspecified atom stereocenters. The van der Waals surface area contributed by atoms with Gasteiger partial charge in [0.15, 0.2) is 0 Å². The highest BCUT2D eigenvalue weighted by atomic mass is 35.5. The van der Waals surface area contributed by atoms with Gasteiger partial charge in [0, 0.05) is 15.7 Å². The third kappa shape index (κ3) is 3.91. The summed E-state index contributed by atoms with van der Waals surface area (Å²) in [4.78, 5) is 1.36. The van der Waals surface area contributed by atoms with Crippen LogP contribution in [0.1, 0.15) is 51.6 Å². The van der Waals surface area contributed by atoms with Crippen LogP contribution in [0.4, 0.5) is 0 Å². The Morgan fingerprint density at radius 1 is 1.22 bits per heavy atom. The quantitative estimate of drug-likeness (QED) is 0.808. The number of thioether (sulfide) groups is 1. The SMILES string of the molecule is CC(C)(C)Sc1ccccc1[C@@H](N)C1CCC1.Cl. The summed E-state index contributed by atoms with van der Waals surface area (Å²) in [6.45, 7) is 6.76. The molecule has 1 fully saturated rings. The van der Waals surface area contributed by atoms with Crippen molar-refractivity contribution in [1.82, 2.24) is 0 Å². The fourth-order valence-corrected chi connectivity index (χ4v) is 3.36. The molecule has 0 radical (unpaired) electrons. The van der Waals surface area contributed by atoms with E-state index < -0.39 is 0 Å². The molecule has 2 N–H and O–H groups in total. The Morgan fingerprint density at radius 3 is 2.33 bits per heavy atom. The molecule has 3 heteroatoms. The maximum absolute atomic E-state index is 6.41. The Bertz CT molecular complexity index is 382. The van der Waals surface area contributed by atoms with Gasteiger partial charge in [-0.15, -0.1) is 24.2 Å². The molecule has 1 aromatic rings. The highest BCUT2D eigenvalue weighted by Gasteiger charge is 2.27. The van der Waals surface area contributed by atoms with Crippen molar-refractivity contribution in [1.29, 1.82) is 0 Å². The van der Waals surface area contributed by atoms with Gasteiger partial charge in [-0.2, -0.15) is 0 Å². The Kier molecular flexibility index (Phi) is 5.57. The molecule has 0 spiro atoms. The van der Waals surface area contributed by atoms with Gasteiger partial charge in [-0.25, -0.2) is 0 Å². The molecule has 1 aromatic carbocycles. The van der Waals surface area contributed by atoms with Gasteiger partial charge in [0.25, 0.3) is 0 Å². The van der Waals surface area contributed by atoms with Gasteiger partial charge in [0.05, 0.1) is 0 Å². The van der Waals surface area contributed by atoms with Crippen LogP contribution < -0.4 is 5.73 Å². The number of benzene rings is 1.